The number of hydrogen-bond acceptors (Lipinski definition) is 6. The smallest absolute Gasteiger partial charge is 0.321 e. The molecule has 1 aromatic heterocycles. The number of aromatic nitrogens is 2. The molecule has 0 bridgehead atoms. The molecular formula is C17H25N3O3. The van der Waals surface area contributed by atoms with Gasteiger partial charge in [-0.1, -0.05) is 25.1 Å². The number of rotatable bonds is 7. The van der Waals surface area contributed by atoms with Crippen molar-refractivity contribution in [3.8, 4) is 11.5 Å². The molecule has 6 heteroatoms. The van der Waals surface area contributed by atoms with E-state index < -0.39 is 0 Å². The Kier molecular flexibility index (Phi) is 5.47. The highest BCUT2D eigenvalue weighted by Gasteiger charge is 2.15. The normalized spacial score (nSPS) is 12.5. The Morgan fingerprint density at radius 3 is 2.39 bits per heavy atom. The molecular weight excluding hydrogens is 294 g/mol. The van der Waals surface area contributed by atoms with Crippen LogP contribution in [0.3, 0.4) is 0 Å². The van der Waals surface area contributed by atoms with Gasteiger partial charge in [0.15, 0.2) is 17.3 Å². The average molecular weight is 319 g/mol. The van der Waals surface area contributed by atoms with Gasteiger partial charge in [0.2, 0.25) is 0 Å². The van der Waals surface area contributed by atoms with Crippen molar-refractivity contribution in [2.45, 2.75) is 52.7 Å². The van der Waals surface area contributed by atoms with Crippen LogP contribution >= 0.6 is 0 Å². The second-order valence-corrected chi connectivity index (χ2v) is 6.06. The molecule has 2 rings (SSSR count). The summed E-state index contributed by atoms with van der Waals surface area (Å²) in [5.74, 6) is 2.37. The maximum absolute atomic E-state index is 5.73. The Morgan fingerprint density at radius 1 is 1.09 bits per heavy atom. The lowest BCUT2D eigenvalue weighted by atomic mass is 10.1. The molecule has 6 nitrogen and oxygen atoms in total. The van der Waals surface area contributed by atoms with E-state index in [0.29, 0.717) is 17.6 Å². The molecule has 1 atom stereocenters. The van der Waals surface area contributed by atoms with Crippen molar-refractivity contribution < 1.29 is 14.0 Å². The fourth-order valence-electron chi connectivity index (χ4n) is 2.10. The molecule has 23 heavy (non-hydrogen) atoms. The van der Waals surface area contributed by atoms with Crippen LogP contribution in [0, 0.1) is 0 Å². The van der Waals surface area contributed by atoms with Gasteiger partial charge in [0.1, 0.15) is 0 Å². The van der Waals surface area contributed by atoms with E-state index in [2.05, 4.69) is 15.5 Å². The zero-order valence-electron chi connectivity index (χ0n) is 14.6. The van der Waals surface area contributed by atoms with Crippen LogP contribution in [0.1, 0.15) is 58.0 Å². The first kappa shape index (κ1) is 17.1. The Hall–Kier alpha value is -2.24. The topological polar surface area (TPSA) is 69.4 Å². The molecule has 126 valence electrons. The fraction of sp³-hybridized carbons (Fsp3) is 0.529. The fourth-order valence-corrected chi connectivity index (χ4v) is 2.10. The second kappa shape index (κ2) is 7.35. The van der Waals surface area contributed by atoms with Gasteiger partial charge in [0.05, 0.1) is 19.3 Å². The van der Waals surface area contributed by atoms with Gasteiger partial charge in [-0.3, -0.25) is 0 Å². The van der Waals surface area contributed by atoms with Gasteiger partial charge >= 0.3 is 6.01 Å². The summed E-state index contributed by atoms with van der Waals surface area (Å²) in [6.45, 7) is 10.0. The maximum atomic E-state index is 5.73. The van der Waals surface area contributed by atoms with Crippen LogP contribution in [0.2, 0.25) is 0 Å². The summed E-state index contributed by atoms with van der Waals surface area (Å²) < 4.78 is 16.4. The van der Waals surface area contributed by atoms with Crippen molar-refractivity contribution in [1.82, 2.24) is 10.1 Å². The van der Waals surface area contributed by atoms with Crippen LogP contribution in [0.25, 0.3) is 0 Å². The second-order valence-electron chi connectivity index (χ2n) is 6.06. The Balaban J connectivity index is 2.13. The van der Waals surface area contributed by atoms with Crippen molar-refractivity contribution in [3.63, 3.8) is 0 Å². The van der Waals surface area contributed by atoms with Crippen molar-refractivity contribution in [3.05, 3.63) is 29.6 Å². The highest BCUT2D eigenvalue weighted by molar-refractivity contribution is 5.45. The predicted molar refractivity (Wildman–Crippen MR) is 89.2 cm³/mol. The summed E-state index contributed by atoms with van der Waals surface area (Å²) in [5.41, 5.74) is 1.04. The lowest BCUT2D eigenvalue weighted by Gasteiger charge is -2.17. The molecule has 0 saturated heterocycles. The van der Waals surface area contributed by atoms with Crippen LogP contribution in [0.5, 0.6) is 11.5 Å². The van der Waals surface area contributed by atoms with Gasteiger partial charge in [-0.05, 0) is 38.5 Å². The minimum atomic E-state index is -0.00235. The molecule has 1 unspecified atom stereocenters. The number of anilines is 1. The summed E-state index contributed by atoms with van der Waals surface area (Å²) in [4.78, 5) is 4.33. The number of nitrogens with zero attached hydrogens (tertiary/aromatic N) is 2. The molecule has 1 aromatic carbocycles. The highest BCUT2D eigenvalue weighted by Crippen LogP contribution is 2.32. The van der Waals surface area contributed by atoms with Crippen molar-refractivity contribution in [1.29, 1.82) is 0 Å². The SMILES string of the molecule is COc1cc(C(C)Nc2nc(C(C)C)no2)ccc1OC(C)C. The van der Waals surface area contributed by atoms with E-state index >= 15 is 0 Å². The molecule has 0 radical (unpaired) electrons. The zero-order valence-corrected chi connectivity index (χ0v) is 14.6. The minimum Gasteiger partial charge on any atom is -0.493 e. The number of benzene rings is 1. The van der Waals surface area contributed by atoms with E-state index in [4.69, 9.17) is 14.0 Å². The third kappa shape index (κ3) is 4.37. The molecule has 0 aliphatic rings. The van der Waals surface area contributed by atoms with Gasteiger partial charge < -0.3 is 19.3 Å². The van der Waals surface area contributed by atoms with E-state index in [0.717, 1.165) is 11.3 Å². The molecule has 1 heterocycles. The maximum Gasteiger partial charge on any atom is 0.321 e. The zero-order chi connectivity index (χ0) is 17.0. The lowest BCUT2D eigenvalue weighted by Crippen LogP contribution is -2.09. The molecule has 2 aromatic rings. The summed E-state index contributed by atoms with van der Waals surface area (Å²) in [6.07, 6.45) is 0.0955. The first-order valence-corrected chi connectivity index (χ1v) is 7.85. The summed E-state index contributed by atoms with van der Waals surface area (Å²) in [5, 5.41) is 7.16. The van der Waals surface area contributed by atoms with Crippen LogP contribution < -0.4 is 14.8 Å². The monoisotopic (exact) mass is 319 g/mol. The number of hydrogen-bond donors (Lipinski definition) is 1. The first-order chi connectivity index (χ1) is 10.9. The lowest BCUT2D eigenvalue weighted by molar-refractivity contribution is 0.230. The van der Waals surface area contributed by atoms with E-state index in [1.807, 2.05) is 52.8 Å². The Bertz CT molecular complexity index is 638. The first-order valence-electron chi connectivity index (χ1n) is 7.85. The molecule has 0 amide bonds. The minimum absolute atomic E-state index is 0.00235. The largest absolute Gasteiger partial charge is 0.493 e. The van der Waals surface area contributed by atoms with Gasteiger partial charge in [0, 0.05) is 5.92 Å². The van der Waals surface area contributed by atoms with Crippen molar-refractivity contribution >= 4 is 6.01 Å². The molecule has 0 aliphatic heterocycles. The summed E-state index contributed by atoms with van der Waals surface area (Å²) in [7, 11) is 1.64. The third-order valence-corrected chi connectivity index (χ3v) is 3.35. The van der Waals surface area contributed by atoms with Gasteiger partial charge in [0.25, 0.3) is 0 Å². The van der Waals surface area contributed by atoms with Crippen LogP contribution in [-0.2, 0) is 0 Å². The molecule has 0 spiro atoms. The van der Waals surface area contributed by atoms with Gasteiger partial charge in [-0.25, -0.2) is 0 Å². The highest BCUT2D eigenvalue weighted by atomic mass is 16.5. The van der Waals surface area contributed by atoms with Crippen molar-refractivity contribution in [2.75, 3.05) is 12.4 Å². The molecule has 1 N–H and O–H groups in total. The number of ether oxygens (including phenoxy) is 2. The average Bonchev–Trinajstić information content (AvgIpc) is 2.95. The number of nitrogens with one attached hydrogen (secondary N) is 1. The molecule has 0 saturated carbocycles. The third-order valence-electron chi connectivity index (χ3n) is 3.35. The Morgan fingerprint density at radius 2 is 1.83 bits per heavy atom. The van der Waals surface area contributed by atoms with E-state index in [1.54, 1.807) is 7.11 Å². The van der Waals surface area contributed by atoms with E-state index in [1.165, 1.54) is 0 Å². The van der Waals surface area contributed by atoms with Crippen LogP contribution in [-0.4, -0.2) is 23.4 Å². The molecule has 0 fully saturated rings. The standard InChI is InChI=1S/C17H25N3O3/c1-10(2)16-19-17(23-20-16)18-12(5)13-7-8-14(22-11(3)4)15(9-13)21-6/h7-12H,1-6H3,(H,18,19,20). The van der Waals surface area contributed by atoms with Crippen LogP contribution in [0.15, 0.2) is 22.7 Å². The van der Waals surface area contributed by atoms with Gasteiger partial charge in [-0.15, -0.1) is 0 Å². The van der Waals surface area contributed by atoms with E-state index in [9.17, 15) is 0 Å². The van der Waals surface area contributed by atoms with Crippen LogP contribution in [0.4, 0.5) is 6.01 Å². The molecule has 0 aliphatic carbocycles. The predicted octanol–water partition coefficient (Wildman–Crippen LogP) is 4.16. The number of methoxy groups -OCH3 is 1. The quantitative estimate of drug-likeness (QED) is 0.826. The van der Waals surface area contributed by atoms with Gasteiger partial charge in [-0.2, -0.15) is 4.98 Å². The summed E-state index contributed by atoms with van der Waals surface area (Å²) >= 11 is 0. The Labute approximate surface area is 137 Å². The van der Waals surface area contributed by atoms with Crippen molar-refractivity contribution in [2.24, 2.45) is 0 Å². The van der Waals surface area contributed by atoms with E-state index in [-0.39, 0.29) is 18.1 Å². The summed E-state index contributed by atoms with van der Waals surface area (Å²) in [6, 6.07) is 6.28.